The Bertz CT molecular complexity index is 1110. The van der Waals surface area contributed by atoms with Crippen molar-refractivity contribution in [3.05, 3.63) is 69.2 Å². The fourth-order valence-electron chi connectivity index (χ4n) is 3.23. The highest BCUT2D eigenvalue weighted by molar-refractivity contribution is 7.92. The molecule has 9 nitrogen and oxygen atoms in total. The van der Waals surface area contributed by atoms with Crippen LogP contribution in [0.15, 0.2) is 48.5 Å². The van der Waals surface area contributed by atoms with Crippen LogP contribution in [0.2, 0.25) is 5.02 Å². The predicted octanol–water partition coefficient (Wildman–Crippen LogP) is 2.98. The van der Waals surface area contributed by atoms with E-state index in [0.717, 1.165) is 11.8 Å². The summed E-state index contributed by atoms with van der Waals surface area (Å²) in [5, 5.41) is 11.6. The maximum Gasteiger partial charge on any atom is 0.294 e. The van der Waals surface area contributed by atoms with E-state index in [1.165, 1.54) is 12.1 Å². The topological polar surface area (TPSA) is 113 Å². The van der Waals surface area contributed by atoms with Gasteiger partial charge in [0.1, 0.15) is 5.69 Å². The number of carbonyl (C=O) groups excluding carboxylic acids is 1. The molecular formula is C20H21ClN4O5S. The lowest BCUT2D eigenvalue weighted by atomic mass is 10.2. The molecule has 11 heteroatoms. The lowest BCUT2D eigenvalue weighted by Crippen LogP contribution is -2.48. The number of hydrogen-bond donors (Lipinski definition) is 1. The maximum absolute atomic E-state index is 12.5. The number of nitrogens with zero attached hydrogens (tertiary/aromatic N) is 3. The molecular weight excluding hydrogens is 444 g/mol. The Morgan fingerprint density at radius 2 is 1.77 bits per heavy atom. The second-order valence-corrected chi connectivity index (χ2v) is 9.22. The Kier molecular flexibility index (Phi) is 6.81. The van der Waals surface area contributed by atoms with Crippen LogP contribution in [0.25, 0.3) is 6.08 Å². The first-order valence-corrected chi connectivity index (χ1v) is 11.6. The van der Waals surface area contributed by atoms with Crippen molar-refractivity contribution in [2.24, 2.45) is 0 Å². The van der Waals surface area contributed by atoms with Crippen LogP contribution >= 0.6 is 11.6 Å². The van der Waals surface area contributed by atoms with Crippen LogP contribution in [-0.4, -0.2) is 56.6 Å². The number of halogens is 1. The minimum absolute atomic E-state index is 0.0546. The van der Waals surface area contributed by atoms with Gasteiger partial charge in [0.2, 0.25) is 15.9 Å². The van der Waals surface area contributed by atoms with E-state index in [0.29, 0.717) is 42.6 Å². The van der Waals surface area contributed by atoms with Gasteiger partial charge < -0.3 is 9.80 Å². The molecule has 164 valence electrons. The molecule has 3 rings (SSSR count). The molecule has 1 amide bonds. The number of anilines is 2. The summed E-state index contributed by atoms with van der Waals surface area (Å²) in [6, 6.07) is 11.2. The average molecular weight is 465 g/mol. The maximum atomic E-state index is 12.5. The largest absolute Gasteiger partial charge is 0.362 e. The fourth-order valence-corrected chi connectivity index (χ4v) is 3.96. The van der Waals surface area contributed by atoms with Gasteiger partial charge in [-0.15, -0.1) is 0 Å². The number of benzene rings is 2. The minimum atomic E-state index is -3.34. The van der Waals surface area contributed by atoms with Crippen molar-refractivity contribution in [3.8, 4) is 0 Å². The number of carbonyl (C=O) groups is 1. The number of nitro benzene ring substituents is 1. The van der Waals surface area contributed by atoms with Crippen LogP contribution in [0, 0.1) is 10.1 Å². The summed E-state index contributed by atoms with van der Waals surface area (Å²) in [7, 11) is -3.34. The van der Waals surface area contributed by atoms with Crippen LogP contribution < -0.4 is 9.62 Å². The van der Waals surface area contributed by atoms with Gasteiger partial charge in [-0.25, -0.2) is 8.42 Å². The second-order valence-electron chi connectivity index (χ2n) is 7.03. The highest BCUT2D eigenvalue weighted by Gasteiger charge is 2.25. The zero-order valence-electron chi connectivity index (χ0n) is 16.7. The Balaban J connectivity index is 1.59. The minimum Gasteiger partial charge on any atom is -0.362 e. The Labute approximate surface area is 185 Å². The van der Waals surface area contributed by atoms with E-state index >= 15 is 0 Å². The molecule has 1 aliphatic heterocycles. The standard InChI is InChI=1S/C20H21ClN4O5S/c1-31(29,30)22-17-6-2-15(3-7-17)4-9-20(26)24-12-10-23(11-13-24)18-8-5-16(21)14-19(18)25(27)28/h2-9,14,22H,10-13H2,1H3/b9-4+. The summed E-state index contributed by atoms with van der Waals surface area (Å²) < 4.78 is 24.9. The number of rotatable bonds is 6. The zero-order chi connectivity index (χ0) is 22.6. The quantitative estimate of drug-likeness (QED) is 0.399. The Hall–Kier alpha value is -3.11. The Morgan fingerprint density at radius 1 is 1.13 bits per heavy atom. The summed E-state index contributed by atoms with van der Waals surface area (Å²) in [5.41, 5.74) is 1.63. The second kappa shape index (κ2) is 9.36. The van der Waals surface area contributed by atoms with Gasteiger partial charge in [0.15, 0.2) is 0 Å². The monoisotopic (exact) mass is 464 g/mol. The molecule has 1 N–H and O–H groups in total. The Morgan fingerprint density at radius 3 is 2.35 bits per heavy atom. The van der Waals surface area contributed by atoms with Crippen molar-refractivity contribution in [2.75, 3.05) is 42.1 Å². The first kappa shape index (κ1) is 22.6. The molecule has 0 unspecified atom stereocenters. The van der Waals surface area contributed by atoms with Crippen molar-refractivity contribution >= 4 is 50.7 Å². The van der Waals surface area contributed by atoms with Gasteiger partial charge in [-0.05, 0) is 35.9 Å². The van der Waals surface area contributed by atoms with Gasteiger partial charge in [0.25, 0.3) is 5.69 Å². The van der Waals surface area contributed by atoms with E-state index in [9.17, 15) is 23.3 Å². The van der Waals surface area contributed by atoms with E-state index in [-0.39, 0.29) is 11.6 Å². The molecule has 1 saturated heterocycles. The molecule has 0 radical (unpaired) electrons. The van der Waals surface area contributed by atoms with Crippen LogP contribution in [-0.2, 0) is 14.8 Å². The first-order chi connectivity index (χ1) is 14.6. The fraction of sp³-hybridized carbons (Fsp3) is 0.250. The summed E-state index contributed by atoms with van der Waals surface area (Å²) in [4.78, 5) is 26.9. The molecule has 1 heterocycles. The van der Waals surface area contributed by atoms with Gasteiger partial charge >= 0.3 is 0 Å². The smallest absolute Gasteiger partial charge is 0.294 e. The molecule has 0 atom stereocenters. The van der Waals surface area contributed by atoms with Gasteiger partial charge in [0, 0.05) is 49.0 Å². The number of piperazine rings is 1. The van der Waals surface area contributed by atoms with E-state index in [1.54, 1.807) is 47.4 Å². The number of sulfonamides is 1. The van der Waals surface area contributed by atoms with Crippen LogP contribution in [0.3, 0.4) is 0 Å². The molecule has 31 heavy (non-hydrogen) atoms. The third-order valence-corrected chi connectivity index (χ3v) is 5.54. The van der Waals surface area contributed by atoms with Crippen LogP contribution in [0.1, 0.15) is 5.56 Å². The van der Waals surface area contributed by atoms with Crippen molar-refractivity contribution in [3.63, 3.8) is 0 Å². The predicted molar refractivity (Wildman–Crippen MR) is 121 cm³/mol. The number of nitrogens with one attached hydrogen (secondary N) is 1. The molecule has 0 bridgehead atoms. The van der Waals surface area contributed by atoms with Crippen LogP contribution in [0.5, 0.6) is 0 Å². The van der Waals surface area contributed by atoms with E-state index in [4.69, 9.17) is 11.6 Å². The lowest BCUT2D eigenvalue weighted by molar-refractivity contribution is -0.384. The van der Waals surface area contributed by atoms with Crippen molar-refractivity contribution in [1.82, 2.24) is 4.90 Å². The van der Waals surface area contributed by atoms with E-state index in [2.05, 4.69) is 4.72 Å². The summed E-state index contributed by atoms with van der Waals surface area (Å²) in [6.45, 7) is 1.79. The molecule has 0 aromatic heterocycles. The third kappa shape index (κ3) is 6.19. The highest BCUT2D eigenvalue weighted by atomic mass is 35.5. The van der Waals surface area contributed by atoms with Gasteiger partial charge in [-0.1, -0.05) is 23.7 Å². The van der Waals surface area contributed by atoms with E-state index < -0.39 is 14.9 Å². The molecule has 1 aliphatic rings. The third-order valence-electron chi connectivity index (χ3n) is 4.70. The van der Waals surface area contributed by atoms with Crippen molar-refractivity contribution in [2.45, 2.75) is 0 Å². The summed E-state index contributed by atoms with van der Waals surface area (Å²) in [5.74, 6) is -0.163. The molecule has 0 aliphatic carbocycles. The van der Waals surface area contributed by atoms with Gasteiger partial charge in [0.05, 0.1) is 11.2 Å². The van der Waals surface area contributed by atoms with Gasteiger partial charge in [-0.2, -0.15) is 0 Å². The van der Waals surface area contributed by atoms with E-state index in [1.807, 2.05) is 4.90 Å². The number of nitro groups is 1. The normalized spacial score (nSPS) is 14.6. The summed E-state index contributed by atoms with van der Waals surface area (Å²) in [6.07, 6.45) is 4.19. The SMILES string of the molecule is CS(=O)(=O)Nc1ccc(/C=C/C(=O)N2CCN(c3ccc(Cl)cc3[N+](=O)[O-])CC2)cc1. The number of hydrogen-bond acceptors (Lipinski definition) is 6. The zero-order valence-corrected chi connectivity index (χ0v) is 18.3. The highest BCUT2D eigenvalue weighted by Crippen LogP contribution is 2.31. The molecule has 0 saturated carbocycles. The lowest BCUT2D eigenvalue weighted by Gasteiger charge is -2.35. The molecule has 2 aromatic carbocycles. The molecule has 2 aromatic rings. The van der Waals surface area contributed by atoms with Gasteiger partial charge in [-0.3, -0.25) is 19.6 Å². The number of amides is 1. The molecule has 0 spiro atoms. The summed E-state index contributed by atoms with van der Waals surface area (Å²) >= 11 is 5.87. The van der Waals surface area contributed by atoms with Crippen molar-refractivity contribution in [1.29, 1.82) is 0 Å². The average Bonchev–Trinajstić information content (AvgIpc) is 2.72. The van der Waals surface area contributed by atoms with Crippen LogP contribution in [0.4, 0.5) is 17.1 Å². The molecule has 1 fully saturated rings. The van der Waals surface area contributed by atoms with Crippen molar-refractivity contribution < 1.29 is 18.1 Å². The first-order valence-electron chi connectivity index (χ1n) is 9.36.